The lowest BCUT2D eigenvalue weighted by Crippen LogP contribution is -2.38. The van der Waals surface area contributed by atoms with Crippen molar-refractivity contribution in [3.8, 4) is 0 Å². The molecule has 0 radical (unpaired) electrons. The van der Waals surface area contributed by atoms with Crippen molar-refractivity contribution in [2.45, 2.75) is 27.2 Å². The Bertz CT molecular complexity index is 452. The van der Waals surface area contributed by atoms with E-state index in [0.29, 0.717) is 5.76 Å². The molecule has 0 aromatic carbocycles. The summed E-state index contributed by atoms with van der Waals surface area (Å²) < 4.78 is 5.40. The smallest absolute Gasteiger partial charge is 0.175 e. The first-order chi connectivity index (χ1) is 7.37. The lowest BCUT2D eigenvalue weighted by Gasteiger charge is -2.35. The average molecular weight is 222 g/mol. The summed E-state index contributed by atoms with van der Waals surface area (Å²) >= 11 is 0. The van der Waals surface area contributed by atoms with Crippen LogP contribution in [0.1, 0.15) is 27.2 Å². The highest BCUT2D eigenvalue weighted by Gasteiger charge is 2.45. The molecule has 0 saturated carbocycles. The van der Waals surface area contributed by atoms with Gasteiger partial charge in [0.1, 0.15) is 11.5 Å². The van der Waals surface area contributed by atoms with Crippen LogP contribution in [0.5, 0.6) is 0 Å². The number of ether oxygens (including phenoxy) is 1. The number of aliphatic hydroxyl groups is 1. The van der Waals surface area contributed by atoms with Gasteiger partial charge in [0, 0.05) is 12.0 Å². The van der Waals surface area contributed by atoms with E-state index in [1.165, 1.54) is 6.92 Å². The van der Waals surface area contributed by atoms with Gasteiger partial charge in [-0.15, -0.1) is 0 Å². The average Bonchev–Trinajstić information content (AvgIpc) is 2.24. The SMILES string of the molecule is CC1=C(O)C2=C(OCCC2=O)C(C)(C)C1=O. The van der Waals surface area contributed by atoms with Crippen LogP contribution in [0, 0.1) is 5.41 Å². The lowest BCUT2D eigenvalue weighted by molar-refractivity contribution is -0.125. The first-order valence-corrected chi connectivity index (χ1v) is 5.23. The Balaban J connectivity index is 2.70. The van der Waals surface area contributed by atoms with Gasteiger partial charge >= 0.3 is 0 Å². The molecule has 0 fully saturated rings. The van der Waals surface area contributed by atoms with E-state index in [2.05, 4.69) is 0 Å². The highest BCUT2D eigenvalue weighted by atomic mass is 16.5. The molecule has 4 heteroatoms. The van der Waals surface area contributed by atoms with E-state index in [1.54, 1.807) is 13.8 Å². The monoisotopic (exact) mass is 222 g/mol. The molecule has 0 atom stereocenters. The standard InChI is InChI=1S/C12H14O4/c1-6-9(14)8-7(13)4-5-16-11(8)12(2,3)10(6)15/h14H,4-5H2,1-3H3. The summed E-state index contributed by atoms with van der Waals surface area (Å²) in [6.45, 7) is 5.23. The van der Waals surface area contributed by atoms with Gasteiger partial charge in [-0.3, -0.25) is 9.59 Å². The third-order valence-corrected chi connectivity index (χ3v) is 3.15. The summed E-state index contributed by atoms with van der Waals surface area (Å²) in [5.74, 6) is -0.252. The van der Waals surface area contributed by atoms with Crippen molar-refractivity contribution < 1.29 is 19.4 Å². The fourth-order valence-electron chi connectivity index (χ4n) is 2.17. The molecule has 1 aliphatic carbocycles. The molecule has 0 aromatic heterocycles. The number of carbonyl (C=O) groups excluding carboxylic acids is 2. The van der Waals surface area contributed by atoms with Crippen molar-refractivity contribution in [1.29, 1.82) is 0 Å². The summed E-state index contributed by atoms with van der Waals surface area (Å²) in [6, 6.07) is 0. The van der Waals surface area contributed by atoms with Crippen molar-refractivity contribution >= 4 is 11.6 Å². The van der Waals surface area contributed by atoms with Crippen LogP contribution in [0.3, 0.4) is 0 Å². The maximum Gasteiger partial charge on any atom is 0.175 e. The molecule has 2 rings (SSSR count). The summed E-state index contributed by atoms with van der Waals surface area (Å²) in [5, 5.41) is 9.85. The molecule has 1 aliphatic heterocycles. The fraction of sp³-hybridized carbons (Fsp3) is 0.500. The lowest BCUT2D eigenvalue weighted by atomic mass is 9.74. The minimum absolute atomic E-state index is 0.154. The Morgan fingerprint density at radius 1 is 1.31 bits per heavy atom. The first kappa shape index (κ1) is 10.9. The van der Waals surface area contributed by atoms with E-state index in [0.717, 1.165) is 0 Å². The Morgan fingerprint density at radius 3 is 2.56 bits per heavy atom. The van der Waals surface area contributed by atoms with Gasteiger partial charge in [-0.1, -0.05) is 0 Å². The largest absolute Gasteiger partial charge is 0.507 e. The van der Waals surface area contributed by atoms with Crippen LogP contribution in [0.25, 0.3) is 0 Å². The van der Waals surface area contributed by atoms with Crippen molar-refractivity contribution in [2.24, 2.45) is 5.41 Å². The van der Waals surface area contributed by atoms with Crippen molar-refractivity contribution in [1.82, 2.24) is 0 Å². The number of hydrogen-bond acceptors (Lipinski definition) is 4. The Kier molecular flexibility index (Phi) is 2.19. The van der Waals surface area contributed by atoms with Gasteiger partial charge in [0.2, 0.25) is 0 Å². The van der Waals surface area contributed by atoms with E-state index in [-0.39, 0.29) is 41.5 Å². The van der Waals surface area contributed by atoms with Crippen LogP contribution in [-0.4, -0.2) is 23.3 Å². The van der Waals surface area contributed by atoms with Crippen molar-refractivity contribution in [2.75, 3.05) is 6.61 Å². The van der Waals surface area contributed by atoms with E-state index in [4.69, 9.17) is 4.74 Å². The zero-order valence-electron chi connectivity index (χ0n) is 9.59. The second-order valence-electron chi connectivity index (χ2n) is 4.65. The second-order valence-corrected chi connectivity index (χ2v) is 4.65. The van der Waals surface area contributed by atoms with Crippen LogP contribution >= 0.6 is 0 Å². The molecule has 0 spiro atoms. The number of hydrogen-bond donors (Lipinski definition) is 1. The number of allylic oxidation sites excluding steroid dienone is 3. The summed E-state index contributed by atoms with van der Waals surface area (Å²) in [7, 11) is 0. The molecule has 2 aliphatic rings. The quantitative estimate of drug-likeness (QED) is 0.677. The van der Waals surface area contributed by atoms with Crippen molar-refractivity contribution in [3.05, 3.63) is 22.7 Å². The first-order valence-electron chi connectivity index (χ1n) is 5.23. The highest BCUT2D eigenvalue weighted by Crippen LogP contribution is 2.42. The van der Waals surface area contributed by atoms with Crippen molar-refractivity contribution in [3.63, 3.8) is 0 Å². The molecule has 0 bridgehead atoms. The second kappa shape index (κ2) is 3.20. The van der Waals surface area contributed by atoms with Gasteiger partial charge in [-0.2, -0.15) is 0 Å². The summed E-state index contributed by atoms with van der Waals surface area (Å²) in [6.07, 6.45) is 0.250. The molecule has 1 N–H and O–H groups in total. The predicted molar refractivity (Wildman–Crippen MR) is 56.7 cm³/mol. The summed E-state index contributed by atoms with van der Waals surface area (Å²) in [5.41, 5.74) is -0.433. The van der Waals surface area contributed by atoms with E-state index >= 15 is 0 Å². The fourth-order valence-corrected chi connectivity index (χ4v) is 2.17. The Labute approximate surface area is 93.6 Å². The Hall–Kier alpha value is -1.58. The molecule has 1 heterocycles. The molecule has 86 valence electrons. The number of rotatable bonds is 0. The zero-order chi connectivity index (χ0) is 12.1. The molecular weight excluding hydrogens is 208 g/mol. The number of Topliss-reactive ketones (excluding diaryl/α,β-unsaturated/α-hetero) is 2. The molecule has 0 saturated heterocycles. The predicted octanol–water partition coefficient (Wildman–Crippen LogP) is 1.67. The normalized spacial score (nSPS) is 24.4. The summed E-state index contributed by atoms with van der Waals surface area (Å²) in [4.78, 5) is 23.7. The molecule has 0 aromatic rings. The van der Waals surface area contributed by atoms with E-state index in [9.17, 15) is 14.7 Å². The highest BCUT2D eigenvalue weighted by molar-refractivity contribution is 6.10. The van der Waals surface area contributed by atoms with Gasteiger partial charge in [-0.05, 0) is 20.8 Å². The topological polar surface area (TPSA) is 63.6 Å². The molecule has 16 heavy (non-hydrogen) atoms. The van der Waals surface area contributed by atoms with Gasteiger partial charge in [0.15, 0.2) is 11.6 Å². The number of aliphatic hydroxyl groups excluding tert-OH is 1. The molecule has 0 amide bonds. The van der Waals surface area contributed by atoms with Gasteiger partial charge < -0.3 is 9.84 Å². The maximum absolute atomic E-state index is 12.0. The van der Waals surface area contributed by atoms with Gasteiger partial charge in [0.05, 0.1) is 17.6 Å². The Morgan fingerprint density at radius 2 is 1.94 bits per heavy atom. The van der Waals surface area contributed by atoms with Gasteiger partial charge in [0.25, 0.3) is 0 Å². The minimum atomic E-state index is -0.859. The van der Waals surface area contributed by atoms with Crippen LogP contribution in [-0.2, 0) is 14.3 Å². The zero-order valence-corrected chi connectivity index (χ0v) is 9.59. The van der Waals surface area contributed by atoms with Gasteiger partial charge in [-0.25, -0.2) is 0 Å². The van der Waals surface area contributed by atoms with Crippen LogP contribution in [0.2, 0.25) is 0 Å². The third kappa shape index (κ3) is 1.22. The number of ketones is 2. The van der Waals surface area contributed by atoms with Crippen LogP contribution in [0.4, 0.5) is 0 Å². The molecule has 0 unspecified atom stereocenters. The third-order valence-electron chi connectivity index (χ3n) is 3.15. The molecule has 4 nitrogen and oxygen atoms in total. The number of carbonyl (C=O) groups is 2. The van der Waals surface area contributed by atoms with E-state index < -0.39 is 5.41 Å². The van der Waals surface area contributed by atoms with Crippen LogP contribution in [0.15, 0.2) is 22.7 Å². The maximum atomic E-state index is 12.0. The minimum Gasteiger partial charge on any atom is -0.507 e. The van der Waals surface area contributed by atoms with E-state index in [1.807, 2.05) is 0 Å². The van der Waals surface area contributed by atoms with Crippen LogP contribution < -0.4 is 0 Å². The molecular formula is C12H14O4.